The van der Waals surface area contributed by atoms with Crippen LogP contribution in [0.1, 0.15) is 31.8 Å². The molecule has 26 heavy (non-hydrogen) atoms. The molecule has 0 bridgehead atoms. The second-order valence-corrected chi connectivity index (χ2v) is 5.17. The van der Waals surface area contributed by atoms with Crippen LogP contribution in [0.4, 0.5) is 0 Å². The predicted octanol–water partition coefficient (Wildman–Crippen LogP) is 2.88. The lowest BCUT2D eigenvalue weighted by Gasteiger charge is -2.19. The topological polar surface area (TPSA) is 90.7 Å². The Balaban J connectivity index is 0.000000547. The zero-order chi connectivity index (χ0) is 24.4. The minimum atomic E-state index is -2.67. The summed E-state index contributed by atoms with van der Waals surface area (Å²) in [5.74, 6) is -2.68. The third kappa shape index (κ3) is 8.75. The smallest absolute Gasteiger partial charge is 0.328 e. The van der Waals surface area contributed by atoms with Crippen molar-refractivity contribution >= 4 is 11.9 Å². The molecule has 0 saturated carbocycles. The Morgan fingerprint density at radius 2 is 1.69 bits per heavy atom. The maximum absolute atomic E-state index is 9.55. The van der Waals surface area contributed by atoms with Gasteiger partial charge in [-0.2, -0.15) is 0 Å². The molecule has 0 fully saturated rings. The lowest BCUT2D eigenvalue weighted by molar-refractivity contribution is -0.134. The normalized spacial score (nSPS) is 16.0. The predicted molar refractivity (Wildman–Crippen MR) is 100 cm³/mol. The van der Waals surface area contributed by atoms with Crippen LogP contribution in [0.15, 0.2) is 66.9 Å². The van der Waals surface area contributed by atoms with Gasteiger partial charge in [-0.05, 0) is 44.6 Å². The molecule has 0 radical (unpaired) electrons. The Morgan fingerprint density at radius 1 is 1.08 bits per heavy atom. The quantitative estimate of drug-likeness (QED) is 0.736. The van der Waals surface area contributed by atoms with Crippen LogP contribution >= 0.6 is 0 Å². The zero-order valence-electron chi connectivity index (χ0n) is 19.9. The number of rotatable bonds is 7. The molecule has 2 aromatic rings. The second kappa shape index (κ2) is 11.5. The average molecular weight is 362 g/mol. The molecule has 1 atom stereocenters. The molecule has 6 nitrogen and oxygen atoms in total. The fourth-order valence-corrected chi connectivity index (χ4v) is 2.15. The van der Waals surface area contributed by atoms with Crippen LogP contribution in [-0.2, 0) is 9.59 Å². The Labute approximate surface area is 161 Å². The molecular weight excluding hydrogens is 332 g/mol. The van der Waals surface area contributed by atoms with Gasteiger partial charge in [-0.25, -0.2) is 9.59 Å². The highest BCUT2D eigenvalue weighted by molar-refractivity contribution is 5.89. The summed E-state index contributed by atoms with van der Waals surface area (Å²) < 4.78 is 44.9. The Morgan fingerprint density at radius 3 is 2.19 bits per heavy atom. The second-order valence-electron chi connectivity index (χ2n) is 5.17. The van der Waals surface area contributed by atoms with Crippen LogP contribution in [0.25, 0.3) is 0 Å². The Kier molecular flexibility index (Phi) is 5.88. The molecule has 0 aliphatic rings. The summed E-state index contributed by atoms with van der Waals surface area (Å²) in [6.45, 7) is -5.42. The van der Waals surface area contributed by atoms with Gasteiger partial charge in [0.2, 0.25) is 0 Å². The molecule has 1 heterocycles. The van der Waals surface area contributed by atoms with E-state index in [4.69, 9.17) is 18.4 Å². The van der Waals surface area contributed by atoms with E-state index in [1.807, 2.05) is 48.5 Å². The highest BCUT2D eigenvalue weighted by atomic mass is 16.4. The fourth-order valence-electron chi connectivity index (χ4n) is 2.15. The summed E-state index contributed by atoms with van der Waals surface area (Å²) in [5, 5.41) is 15.6. The van der Waals surface area contributed by atoms with Gasteiger partial charge < -0.3 is 15.1 Å². The van der Waals surface area contributed by atoms with Crippen molar-refractivity contribution in [2.45, 2.75) is 12.3 Å². The Bertz CT molecular complexity index is 817. The van der Waals surface area contributed by atoms with Crippen molar-refractivity contribution in [3.05, 3.63) is 78.1 Å². The van der Waals surface area contributed by atoms with Crippen molar-refractivity contribution in [3.63, 3.8) is 0 Å². The van der Waals surface area contributed by atoms with Crippen molar-refractivity contribution in [1.29, 1.82) is 0 Å². The van der Waals surface area contributed by atoms with Crippen LogP contribution in [0.3, 0.4) is 0 Å². The SMILES string of the molecule is O=C(O)/C=C\C(=O)O.[2H]C([2H])([2H])N(CCC(c1ccccc1)c1ccccn1)C([2H])([2H])[2H]. The molecule has 6 heteroatoms. The summed E-state index contributed by atoms with van der Waals surface area (Å²) >= 11 is 0. The molecule has 138 valence electrons. The minimum Gasteiger partial charge on any atom is -0.478 e. The maximum Gasteiger partial charge on any atom is 0.328 e. The lowest BCUT2D eigenvalue weighted by Crippen LogP contribution is -2.17. The number of hydrogen-bond donors (Lipinski definition) is 2. The van der Waals surface area contributed by atoms with E-state index in [0.29, 0.717) is 23.5 Å². The van der Waals surface area contributed by atoms with Gasteiger partial charge in [0.15, 0.2) is 0 Å². The highest BCUT2D eigenvalue weighted by Crippen LogP contribution is 2.26. The average Bonchev–Trinajstić information content (AvgIpc) is 2.69. The first-order chi connectivity index (χ1) is 14.8. The van der Waals surface area contributed by atoms with E-state index in [1.165, 1.54) is 0 Å². The maximum atomic E-state index is 9.55. The van der Waals surface area contributed by atoms with E-state index >= 15 is 0 Å². The van der Waals surface area contributed by atoms with E-state index < -0.39 is 25.9 Å². The van der Waals surface area contributed by atoms with Gasteiger partial charge in [-0.3, -0.25) is 4.98 Å². The number of hydrogen-bond acceptors (Lipinski definition) is 4. The van der Waals surface area contributed by atoms with Crippen molar-refractivity contribution in [3.8, 4) is 0 Å². The van der Waals surface area contributed by atoms with Crippen LogP contribution in [-0.4, -0.2) is 52.5 Å². The minimum absolute atomic E-state index is 0.0802. The van der Waals surface area contributed by atoms with Crippen molar-refractivity contribution in [2.24, 2.45) is 0 Å². The van der Waals surface area contributed by atoms with E-state index in [2.05, 4.69) is 4.98 Å². The highest BCUT2D eigenvalue weighted by Gasteiger charge is 2.14. The molecule has 0 spiro atoms. The van der Waals surface area contributed by atoms with Gasteiger partial charge in [0, 0.05) is 38.2 Å². The number of benzene rings is 1. The van der Waals surface area contributed by atoms with E-state index in [-0.39, 0.29) is 12.5 Å². The van der Waals surface area contributed by atoms with Gasteiger partial charge in [0.25, 0.3) is 0 Å². The van der Waals surface area contributed by atoms with Gasteiger partial charge in [0.05, 0.1) is 0 Å². The van der Waals surface area contributed by atoms with Gasteiger partial charge in [-0.1, -0.05) is 36.4 Å². The third-order valence-electron chi connectivity index (χ3n) is 3.26. The standard InChI is InChI=1S/C16H20N2.C4H4O4/c1-18(2)13-11-15(14-8-4-3-5-9-14)16-10-6-7-12-17-16;5-3(6)1-2-4(7)8/h3-10,12,15H,11,13H2,1-2H3;1-2H,(H,5,6)(H,7,8)/b;2-1-/i1D3,2D3;. The Hall–Kier alpha value is -2.99. The van der Waals surface area contributed by atoms with E-state index in [1.54, 1.807) is 6.20 Å². The van der Waals surface area contributed by atoms with E-state index in [9.17, 15) is 9.59 Å². The zero-order valence-corrected chi connectivity index (χ0v) is 13.9. The van der Waals surface area contributed by atoms with Gasteiger partial charge in [0.1, 0.15) is 0 Å². The number of carboxylic acids is 2. The van der Waals surface area contributed by atoms with Gasteiger partial charge in [-0.15, -0.1) is 0 Å². The first-order valence-electron chi connectivity index (χ1n) is 10.7. The monoisotopic (exact) mass is 362 g/mol. The third-order valence-corrected chi connectivity index (χ3v) is 3.26. The molecule has 0 aliphatic heterocycles. The molecule has 0 amide bonds. The lowest BCUT2D eigenvalue weighted by atomic mass is 9.92. The number of pyridine rings is 1. The summed E-state index contributed by atoms with van der Waals surface area (Å²) in [6, 6.07) is 15.1. The molecule has 1 unspecified atom stereocenters. The van der Waals surface area contributed by atoms with E-state index in [0.717, 1.165) is 11.3 Å². The largest absolute Gasteiger partial charge is 0.478 e. The van der Waals surface area contributed by atoms with Crippen molar-refractivity contribution < 1.29 is 28.0 Å². The van der Waals surface area contributed by atoms with Gasteiger partial charge >= 0.3 is 11.9 Å². The number of carboxylic acid groups (broad SMARTS) is 2. The fraction of sp³-hybridized carbons (Fsp3) is 0.250. The van der Waals surface area contributed by atoms with Crippen molar-refractivity contribution in [1.82, 2.24) is 9.88 Å². The van der Waals surface area contributed by atoms with Crippen LogP contribution in [0, 0.1) is 0 Å². The van der Waals surface area contributed by atoms with Crippen LogP contribution in [0.2, 0.25) is 0 Å². The van der Waals surface area contributed by atoms with Crippen LogP contribution in [0.5, 0.6) is 0 Å². The summed E-state index contributed by atoms with van der Waals surface area (Å²) in [7, 11) is 0. The summed E-state index contributed by atoms with van der Waals surface area (Å²) in [5.41, 5.74) is 1.77. The molecule has 1 aromatic carbocycles. The molecular formula is C20H24N2O4. The van der Waals surface area contributed by atoms with Crippen LogP contribution < -0.4 is 0 Å². The molecule has 0 saturated heterocycles. The summed E-state index contributed by atoms with van der Waals surface area (Å²) in [6.07, 6.45) is 3.14. The molecule has 2 N–H and O–H groups in total. The first kappa shape index (κ1) is 13.2. The van der Waals surface area contributed by atoms with Crippen molar-refractivity contribution in [2.75, 3.05) is 20.5 Å². The number of carbonyl (C=O) groups is 2. The molecule has 1 aromatic heterocycles. The molecule has 0 aliphatic carbocycles. The first-order valence-corrected chi connectivity index (χ1v) is 7.70. The molecule has 2 rings (SSSR count). The number of nitrogens with zero attached hydrogens (tertiary/aromatic N) is 2. The number of aromatic nitrogens is 1. The summed E-state index contributed by atoms with van der Waals surface area (Å²) in [4.78, 5) is 24.1. The number of aliphatic carboxylic acids is 2.